The van der Waals surface area contributed by atoms with Crippen molar-refractivity contribution in [3.8, 4) is 0 Å². The summed E-state index contributed by atoms with van der Waals surface area (Å²) in [6, 6.07) is 1.63. The molecule has 2 heterocycles. The van der Waals surface area contributed by atoms with Gasteiger partial charge in [-0.1, -0.05) is 0 Å². The zero-order valence-corrected chi connectivity index (χ0v) is 9.21. The molecule has 0 aliphatic carbocycles. The smallest absolute Gasteiger partial charge is 0.341 e. The molecule has 0 spiro atoms. The Labute approximate surface area is 97.6 Å². The third kappa shape index (κ3) is 2.81. The van der Waals surface area contributed by atoms with Gasteiger partial charge in [-0.05, 0) is 6.07 Å². The number of hydrogen-bond acceptors (Lipinski definition) is 6. The lowest BCUT2D eigenvalue weighted by Crippen LogP contribution is -2.00. The van der Waals surface area contributed by atoms with Crippen LogP contribution in [-0.4, -0.2) is 23.0 Å². The maximum atomic E-state index is 11.2. The highest BCUT2D eigenvalue weighted by molar-refractivity contribution is 5.88. The van der Waals surface area contributed by atoms with Gasteiger partial charge in [-0.2, -0.15) is 0 Å². The standard InChI is InChI=1S/C11H11N3O3/c1-16-11(15)8-2-10(17-6-8)5-14-9-3-12-7-13-4-9/h2-4,6-7,14H,5H2,1H3. The van der Waals surface area contributed by atoms with Crippen LogP contribution in [0.1, 0.15) is 16.1 Å². The van der Waals surface area contributed by atoms with Crippen molar-refractivity contribution in [1.29, 1.82) is 0 Å². The van der Waals surface area contributed by atoms with Crippen LogP contribution in [0.15, 0.2) is 35.5 Å². The lowest BCUT2D eigenvalue weighted by Gasteiger charge is -2.01. The molecule has 0 unspecified atom stereocenters. The normalized spacial score (nSPS) is 9.94. The van der Waals surface area contributed by atoms with E-state index in [2.05, 4.69) is 20.0 Å². The van der Waals surface area contributed by atoms with Gasteiger partial charge in [0.1, 0.15) is 18.4 Å². The Balaban J connectivity index is 1.96. The number of aromatic nitrogens is 2. The molecule has 6 heteroatoms. The van der Waals surface area contributed by atoms with Crippen LogP contribution in [-0.2, 0) is 11.3 Å². The summed E-state index contributed by atoms with van der Waals surface area (Å²) in [6.45, 7) is 0.449. The van der Waals surface area contributed by atoms with Crippen LogP contribution in [0.3, 0.4) is 0 Å². The van der Waals surface area contributed by atoms with Crippen molar-refractivity contribution >= 4 is 11.7 Å². The second-order valence-electron chi connectivity index (χ2n) is 3.27. The van der Waals surface area contributed by atoms with Crippen molar-refractivity contribution in [1.82, 2.24) is 9.97 Å². The summed E-state index contributed by atoms with van der Waals surface area (Å²) >= 11 is 0. The van der Waals surface area contributed by atoms with Gasteiger partial charge in [-0.3, -0.25) is 0 Å². The highest BCUT2D eigenvalue weighted by Crippen LogP contribution is 2.11. The van der Waals surface area contributed by atoms with Gasteiger partial charge < -0.3 is 14.5 Å². The van der Waals surface area contributed by atoms with Crippen LogP contribution >= 0.6 is 0 Å². The molecule has 0 bridgehead atoms. The molecule has 0 aromatic carbocycles. The molecule has 0 radical (unpaired) electrons. The van der Waals surface area contributed by atoms with Crippen molar-refractivity contribution in [2.45, 2.75) is 6.54 Å². The zero-order chi connectivity index (χ0) is 12.1. The molecule has 6 nitrogen and oxygen atoms in total. The molecule has 2 aromatic rings. The molecule has 88 valence electrons. The topological polar surface area (TPSA) is 77.2 Å². The Hall–Kier alpha value is -2.37. The molecular weight excluding hydrogens is 222 g/mol. The molecule has 0 fully saturated rings. The number of carbonyl (C=O) groups excluding carboxylic acids is 1. The summed E-state index contributed by atoms with van der Waals surface area (Å²) in [5.41, 5.74) is 1.18. The molecule has 0 saturated carbocycles. The molecule has 0 saturated heterocycles. The second kappa shape index (κ2) is 5.11. The third-order valence-electron chi connectivity index (χ3n) is 2.10. The molecule has 2 rings (SSSR count). The van der Waals surface area contributed by atoms with Gasteiger partial charge in [-0.15, -0.1) is 0 Å². The van der Waals surface area contributed by atoms with Crippen LogP contribution in [0.5, 0.6) is 0 Å². The highest BCUT2D eigenvalue weighted by atomic mass is 16.5. The van der Waals surface area contributed by atoms with E-state index in [4.69, 9.17) is 4.42 Å². The highest BCUT2D eigenvalue weighted by Gasteiger charge is 2.09. The van der Waals surface area contributed by atoms with E-state index in [0.717, 1.165) is 5.69 Å². The van der Waals surface area contributed by atoms with Crippen LogP contribution in [0.2, 0.25) is 0 Å². The Morgan fingerprint density at radius 2 is 2.24 bits per heavy atom. The average Bonchev–Trinajstić information content (AvgIpc) is 2.85. The minimum Gasteiger partial charge on any atom is -0.467 e. The Kier molecular flexibility index (Phi) is 3.34. The van der Waals surface area contributed by atoms with Crippen molar-refractivity contribution in [3.05, 3.63) is 42.4 Å². The van der Waals surface area contributed by atoms with Gasteiger partial charge in [0.15, 0.2) is 0 Å². The maximum Gasteiger partial charge on any atom is 0.341 e. The second-order valence-corrected chi connectivity index (χ2v) is 3.27. The molecule has 17 heavy (non-hydrogen) atoms. The Morgan fingerprint density at radius 3 is 2.94 bits per heavy atom. The van der Waals surface area contributed by atoms with E-state index in [1.54, 1.807) is 18.5 Å². The van der Waals surface area contributed by atoms with Gasteiger partial charge in [-0.25, -0.2) is 14.8 Å². The number of nitrogens with one attached hydrogen (secondary N) is 1. The molecule has 0 amide bonds. The SMILES string of the molecule is COC(=O)c1coc(CNc2cncnc2)c1. The lowest BCUT2D eigenvalue weighted by atomic mass is 10.3. The summed E-state index contributed by atoms with van der Waals surface area (Å²) in [7, 11) is 1.33. The van der Waals surface area contributed by atoms with Gasteiger partial charge in [0.25, 0.3) is 0 Å². The number of rotatable bonds is 4. The molecule has 1 N–H and O–H groups in total. The predicted octanol–water partition coefficient (Wildman–Crippen LogP) is 1.47. The lowest BCUT2D eigenvalue weighted by molar-refractivity contribution is 0.0600. The summed E-state index contributed by atoms with van der Waals surface area (Å²) in [4.78, 5) is 18.9. The minimum absolute atomic E-state index is 0.397. The molecule has 2 aromatic heterocycles. The quantitative estimate of drug-likeness (QED) is 0.806. The summed E-state index contributed by atoms with van der Waals surface area (Å²) in [6.07, 6.45) is 6.12. The largest absolute Gasteiger partial charge is 0.467 e. The molecular formula is C11H11N3O3. The minimum atomic E-state index is -0.414. The molecule has 0 aliphatic rings. The predicted molar refractivity (Wildman–Crippen MR) is 59.4 cm³/mol. The van der Waals surface area contributed by atoms with E-state index in [0.29, 0.717) is 17.9 Å². The maximum absolute atomic E-state index is 11.2. The number of hydrogen-bond donors (Lipinski definition) is 1. The van der Waals surface area contributed by atoms with Gasteiger partial charge in [0.05, 0.1) is 37.3 Å². The van der Waals surface area contributed by atoms with E-state index in [9.17, 15) is 4.79 Å². The number of nitrogens with zero attached hydrogens (tertiary/aromatic N) is 2. The number of furan rings is 1. The summed E-state index contributed by atoms with van der Waals surface area (Å²) in [5, 5.41) is 3.06. The fourth-order valence-corrected chi connectivity index (χ4v) is 1.28. The summed E-state index contributed by atoms with van der Waals surface area (Å²) in [5.74, 6) is 0.220. The van der Waals surface area contributed by atoms with Crippen LogP contribution in [0.4, 0.5) is 5.69 Å². The monoisotopic (exact) mass is 233 g/mol. The first-order chi connectivity index (χ1) is 8.29. The van der Waals surface area contributed by atoms with Gasteiger partial charge in [0.2, 0.25) is 0 Å². The van der Waals surface area contributed by atoms with Gasteiger partial charge >= 0.3 is 5.97 Å². The first-order valence-electron chi connectivity index (χ1n) is 4.94. The first kappa shape index (κ1) is 11.1. The first-order valence-corrected chi connectivity index (χ1v) is 4.94. The third-order valence-corrected chi connectivity index (χ3v) is 2.10. The van der Waals surface area contributed by atoms with E-state index in [-0.39, 0.29) is 0 Å². The number of anilines is 1. The van der Waals surface area contributed by atoms with E-state index in [1.807, 2.05) is 0 Å². The zero-order valence-electron chi connectivity index (χ0n) is 9.21. The average molecular weight is 233 g/mol. The fourth-order valence-electron chi connectivity index (χ4n) is 1.28. The van der Waals surface area contributed by atoms with Crippen molar-refractivity contribution < 1.29 is 13.9 Å². The number of ether oxygens (including phenoxy) is 1. The van der Waals surface area contributed by atoms with Crippen molar-refractivity contribution in [2.24, 2.45) is 0 Å². The van der Waals surface area contributed by atoms with Gasteiger partial charge in [0, 0.05) is 0 Å². The molecule has 0 atom stereocenters. The summed E-state index contributed by atoms with van der Waals surface area (Å²) < 4.78 is 9.78. The Morgan fingerprint density at radius 1 is 1.47 bits per heavy atom. The van der Waals surface area contributed by atoms with Crippen molar-refractivity contribution in [2.75, 3.05) is 12.4 Å². The fraction of sp³-hybridized carbons (Fsp3) is 0.182. The van der Waals surface area contributed by atoms with Crippen LogP contribution in [0.25, 0.3) is 0 Å². The number of methoxy groups -OCH3 is 1. The number of esters is 1. The van der Waals surface area contributed by atoms with Crippen LogP contribution in [0, 0.1) is 0 Å². The Bertz CT molecular complexity index is 496. The van der Waals surface area contributed by atoms with Crippen molar-refractivity contribution in [3.63, 3.8) is 0 Å². The van der Waals surface area contributed by atoms with E-state index in [1.165, 1.54) is 19.7 Å². The van der Waals surface area contributed by atoms with E-state index >= 15 is 0 Å². The molecule has 0 aliphatic heterocycles. The van der Waals surface area contributed by atoms with E-state index < -0.39 is 5.97 Å². The van der Waals surface area contributed by atoms with Crippen LogP contribution < -0.4 is 5.32 Å². The number of carbonyl (C=O) groups is 1.